The zero-order valence-corrected chi connectivity index (χ0v) is 10.7. The van der Waals surface area contributed by atoms with Crippen molar-refractivity contribution in [2.24, 2.45) is 0 Å². The molecular formula is C6HBrClF3INO. The highest BCUT2D eigenvalue weighted by Gasteiger charge is 2.32. The average Bonchev–Trinajstić information content (AvgIpc) is 1.96. The summed E-state index contributed by atoms with van der Waals surface area (Å²) in [4.78, 5) is 3.50. The number of hydrogen-bond acceptors (Lipinski definition) is 2. The Morgan fingerprint density at radius 3 is 2.50 bits per heavy atom. The summed E-state index contributed by atoms with van der Waals surface area (Å²) in [5, 5.41) is 0.250. The zero-order valence-electron chi connectivity index (χ0n) is 6.20. The highest BCUT2D eigenvalue weighted by Crippen LogP contribution is 2.31. The molecule has 0 saturated heterocycles. The average molecular weight is 402 g/mol. The highest BCUT2D eigenvalue weighted by molar-refractivity contribution is 14.1. The van der Waals surface area contributed by atoms with E-state index in [9.17, 15) is 13.2 Å². The maximum atomic E-state index is 11.8. The molecule has 2 nitrogen and oxygen atoms in total. The van der Waals surface area contributed by atoms with Gasteiger partial charge in [-0.15, -0.1) is 13.2 Å². The molecule has 0 N–H and O–H groups in total. The van der Waals surface area contributed by atoms with Crippen LogP contribution in [0.2, 0.25) is 5.02 Å². The van der Waals surface area contributed by atoms with Crippen molar-refractivity contribution >= 4 is 50.1 Å². The van der Waals surface area contributed by atoms with Crippen LogP contribution >= 0.6 is 50.1 Å². The van der Waals surface area contributed by atoms with Crippen LogP contribution in [0.4, 0.5) is 13.2 Å². The maximum Gasteiger partial charge on any atom is 0.574 e. The Balaban J connectivity index is 3.02. The minimum absolute atomic E-state index is 0.234. The molecule has 0 aliphatic rings. The SMILES string of the molecule is FC(F)(F)Oc1cc(Br)c(Cl)c(I)n1. The lowest BCUT2D eigenvalue weighted by Gasteiger charge is -2.09. The Bertz CT molecular complexity index is 336. The Kier molecular flexibility index (Phi) is 3.87. The summed E-state index contributed by atoms with van der Waals surface area (Å²) >= 11 is 10.4. The van der Waals surface area contributed by atoms with E-state index in [0.717, 1.165) is 6.07 Å². The molecule has 0 aliphatic carbocycles. The largest absolute Gasteiger partial charge is 0.574 e. The minimum atomic E-state index is -4.75. The van der Waals surface area contributed by atoms with Crippen LogP contribution in [0.15, 0.2) is 10.5 Å². The topological polar surface area (TPSA) is 22.1 Å². The summed E-state index contributed by atoms with van der Waals surface area (Å²) in [5.74, 6) is -0.543. The van der Waals surface area contributed by atoms with E-state index in [1.807, 2.05) is 0 Å². The van der Waals surface area contributed by atoms with Crippen LogP contribution in [0.1, 0.15) is 0 Å². The lowest BCUT2D eigenvalue weighted by molar-refractivity contribution is -0.276. The molecule has 0 atom stereocenters. The Hall–Kier alpha value is 0.240. The normalized spacial score (nSPS) is 11.6. The molecule has 0 aliphatic heterocycles. The predicted molar refractivity (Wildman–Crippen MR) is 56.3 cm³/mol. The maximum absolute atomic E-state index is 11.8. The van der Waals surface area contributed by atoms with Crippen molar-refractivity contribution in [3.05, 3.63) is 19.3 Å². The van der Waals surface area contributed by atoms with Crippen molar-refractivity contribution in [1.82, 2.24) is 4.98 Å². The van der Waals surface area contributed by atoms with Gasteiger partial charge in [0.05, 0.1) is 5.02 Å². The third-order valence-electron chi connectivity index (χ3n) is 1.07. The third kappa shape index (κ3) is 3.43. The second-order valence-electron chi connectivity index (χ2n) is 2.09. The van der Waals surface area contributed by atoms with Gasteiger partial charge in [-0.05, 0) is 38.5 Å². The van der Waals surface area contributed by atoms with Crippen molar-refractivity contribution in [3.63, 3.8) is 0 Å². The van der Waals surface area contributed by atoms with Crippen molar-refractivity contribution in [2.75, 3.05) is 0 Å². The standard InChI is InChI=1S/C6HBrClF3INO/c7-2-1-3(14-6(9,10)11)13-5(12)4(2)8/h1H. The van der Waals surface area contributed by atoms with Crippen LogP contribution in [0.3, 0.4) is 0 Å². The first kappa shape index (κ1) is 12.3. The molecule has 0 saturated carbocycles. The summed E-state index contributed by atoms with van der Waals surface area (Å²) in [5.41, 5.74) is 0. The van der Waals surface area contributed by atoms with Crippen LogP contribution in [0, 0.1) is 3.70 Å². The van der Waals surface area contributed by atoms with Crippen molar-refractivity contribution in [3.8, 4) is 5.88 Å². The fourth-order valence-electron chi connectivity index (χ4n) is 0.619. The van der Waals surface area contributed by atoms with Gasteiger partial charge in [0, 0.05) is 10.5 Å². The summed E-state index contributed by atoms with van der Waals surface area (Å²) in [6, 6.07) is 1.05. The monoisotopic (exact) mass is 401 g/mol. The number of pyridine rings is 1. The van der Waals surface area contributed by atoms with E-state index in [4.69, 9.17) is 11.6 Å². The first-order valence-corrected chi connectivity index (χ1v) is 5.32. The molecule has 78 valence electrons. The Morgan fingerprint density at radius 1 is 1.50 bits per heavy atom. The van der Waals surface area contributed by atoms with Crippen LogP contribution in [0.25, 0.3) is 0 Å². The Labute approximate surface area is 104 Å². The number of halogens is 6. The van der Waals surface area contributed by atoms with Gasteiger partial charge in [0.15, 0.2) is 0 Å². The molecule has 1 aromatic rings. The first-order chi connectivity index (χ1) is 6.29. The van der Waals surface area contributed by atoms with E-state index < -0.39 is 12.2 Å². The molecule has 0 radical (unpaired) electrons. The molecule has 0 aromatic carbocycles. The molecule has 1 rings (SSSR count). The van der Waals surface area contributed by atoms with Gasteiger partial charge in [-0.1, -0.05) is 11.6 Å². The molecule has 1 heterocycles. The van der Waals surface area contributed by atoms with E-state index in [2.05, 4.69) is 25.7 Å². The lowest BCUT2D eigenvalue weighted by Crippen LogP contribution is -2.18. The zero-order chi connectivity index (χ0) is 10.9. The van der Waals surface area contributed by atoms with Gasteiger partial charge in [0.2, 0.25) is 5.88 Å². The molecule has 0 unspecified atom stereocenters. The van der Waals surface area contributed by atoms with Gasteiger partial charge in [0.25, 0.3) is 0 Å². The number of nitrogens with zero attached hydrogens (tertiary/aromatic N) is 1. The number of rotatable bonds is 1. The van der Waals surface area contributed by atoms with Crippen LogP contribution < -0.4 is 4.74 Å². The second-order valence-corrected chi connectivity index (χ2v) is 4.35. The predicted octanol–water partition coefficient (Wildman–Crippen LogP) is 4.00. The van der Waals surface area contributed by atoms with Crippen LogP contribution in [-0.2, 0) is 0 Å². The van der Waals surface area contributed by atoms with E-state index in [0.29, 0.717) is 4.47 Å². The minimum Gasteiger partial charge on any atom is -0.388 e. The third-order valence-corrected chi connectivity index (χ3v) is 3.41. The fourth-order valence-corrected chi connectivity index (χ4v) is 2.00. The quantitative estimate of drug-likeness (QED) is 0.523. The molecule has 0 fully saturated rings. The molecule has 8 heteroatoms. The van der Waals surface area contributed by atoms with Crippen molar-refractivity contribution in [2.45, 2.75) is 6.36 Å². The fraction of sp³-hybridized carbons (Fsp3) is 0.167. The van der Waals surface area contributed by atoms with Gasteiger partial charge in [-0.2, -0.15) is 0 Å². The van der Waals surface area contributed by atoms with E-state index in [1.54, 1.807) is 22.6 Å². The number of alkyl halides is 3. The van der Waals surface area contributed by atoms with Gasteiger partial charge in [-0.25, -0.2) is 4.98 Å². The summed E-state index contributed by atoms with van der Waals surface area (Å²) in [6.07, 6.45) is -4.75. The molecule has 0 amide bonds. The second kappa shape index (κ2) is 4.40. The van der Waals surface area contributed by atoms with Gasteiger partial charge in [0.1, 0.15) is 3.70 Å². The first-order valence-electron chi connectivity index (χ1n) is 3.07. The Morgan fingerprint density at radius 2 is 2.07 bits per heavy atom. The molecule has 0 spiro atoms. The summed E-state index contributed by atoms with van der Waals surface area (Å²) in [6.45, 7) is 0. The smallest absolute Gasteiger partial charge is 0.388 e. The van der Waals surface area contributed by atoms with Gasteiger partial charge in [-0.3, -0.25) is 0 Å². The number of hydrogen-bond donors (Lipinski definition) is 0. The molecule has 0 bridgehead atoms. The van der Waals surface area contributed by atoms with Crippen molar-refractivity contribution in [1.29, 1.82) is 0 Å². The van der Waals surface area contributed by atoms with E-state index in [1.165, 1.54) is 0 Å². The molecule has 14 heavy (non-hydrogen) atoms. The van der Waals surface area contributed by atoms with Crippen LogP contribution in [-0.4, -0.2) is 11.3 Å². The molecule has 1 aromatic heterocycles. The highest BCUT2D eigenvalue weighted by atomic mass is 127. The van der Waals surface area contributed by atoms with Gasteiger partial charge >= 0.3 is 6.36 Å². The lowest BCUT2D eigenvalue weighted by atomic mass is 10.5. The van der Waals surface area contributed by atoms with Crippen molar-refractivity contribution < 1.29 is 17.9 Å². The number of aromatic nitrogens is 1. The van der Waals surface area contributed by atoms with Crippen LogP contribution in [0.5, 0.6) is 5.88 Å². The van der Waals surface area contributed by atoms with Gasteiger partial charge < -0.3 is 4.74 Å². The number of ether oxygens (including phenoxy) is 1. The van der Waals surface area contributed by atoms with E-state index in [-0.39, 0.29) is 8.72 Å². The summed E-state index contributed by atoms with van der Waals surface area (Å²) in [7, 11) is 0. The van der Waals surface area contributed by atoms with E-state index >= 15 is 0 Å². The molecular weight excluding hydrogens is 401 g/mol. The summed E-state index contributed by atoms with van der Waals surface area (Å²) < 4.78 is 39.5.